The van der Waals surface area contributed by atoms with E-state index in [2.05, 4.69) is 38.9 Å². The van der Waals surface area contributed by atoms with E-state index >= 15 is 0 Å². The van der Waals surface area contributed by atoms with Crippen LogP contribution in [0.2, 0.25) is 0 Å². The first-order valence-corrected chi connectivity index (χ1v) is 10.4. The first-order valence-electron chi connectivity index (χ1n) is 10.4. The van der Waals surface area contributed by atoms with Crippen molar-refractivity contribution in [3.8, 4) is 11.3 Å². The Bertz CT molecular complexity index is 896. The van der Waals surface area contributed by atoms with Crippen molar-refractivity contribution in [2.45, 2.75) is 38.3 Å². The number of fused-ring (bicyclic) bond motifs is 1. The van der Waals surface area contributed by atoms with Crippen molar-refractivity contribution < 1.29 is 4.74 Å². The molecule has 3 N–H and O–H groups in total. The predicted molar refractivity (Wildman–Crippen MR) is 112 cm³/mol. The average Bonchev–Trinajstić information content (AvgIpc) is 3.35. The number of rotatable bonds is 3. The Morgan fingerprint density at radius 1 is 1.24 bits per heavy atom. The molecule has 3 aliphatic heterocycles. The van der Waals surface area contributed by atoms with E-state index in [1.54, 1.807) is 12.4 Å². The van der Waals surface area contributed by atoms with E-state index in [1.165, 1.54) is 5.56 Å². The molecule has 0 radical (unpaired) electrons. The van der Waals surface area contributed by atoms with Crippen molar-refractivity contribution in [2.24, 2.45) is 0 Å². The Kier molecular flexibility index (Phi) is 4.51. The summed E-state index contributed by atoms with van der Waals surface area (Å²) in [4.78, 5) is 23.2. The number of hydrogen-bond acceptors (Lipinski definition) is 9. The van der Waals surface area contributed by atoms with Gasteiger partial charge in [-0.1, -0.05) is 0 Å². The van der Waals surface area contributed by atoms with Crippen molar-refractivity contribution in [3.63, 3.8) is 0 Å². The lowest BCUT2D eigenvalue weighted by Crippen LogP contribution is -2.48. The number of nitrogens with two attached hydrogens (primary N) is 1. The van der Waals surface area contributed by atoms with Crippen molar-refractivity contribution in [3.05, 3.63) is 18.0 Å². The first kappa shape index (κ1) is 18.5. The second-order valence-corrected chi connectivity index (χ2v) is 8.45. The van der Waals surface area contributed by atoms with Crippen LogP contribution in [-0.2, 0) is 11.2 Å². The van der Waals surface area contributed by atoms with Crippen LogP contribution >= 0.6 is 0 Å². The first-order chi connectivity index (χ1) is 14.0. The third-order valence-corrected chi connectivity index (χ3v) is 6.38. The normalized spacial score (nSPS) is 26.8. The van der Waals surface area contributed by atoms with Crippen molar-refractivity contribution in [1.29, 1.82) is 0 Å². The number of nitrogens with one attached hydrogen (secondary N) is 1. The number of aromatic nitrogens is 4. The lowest BCUT2D eigenvalue weighted by Gasteiger charge is -2.37. The van der Waals surface area contributed by atoms with Crippen molar-refractivity contribution >= 4 is 17.7 Å². The molecule has 9 nitrogen and oxygen atoms in total. The van der Waals surface area contributed by atoms with Gasteiger partial charge in [-0.3, -0.25) is 0 Å². The lowest BCUT2D eigenvalue weighted by molar-refractivity contribution is 0.0981. The molecular weight excluding hydrogens is 368 g/mol. The summed E-state index contributed by atoms with van der Waals surface area (Å²) in [6.45, 7) is 9.61. The average molecular weight is 396 g/mol. The van der Waals surface area contributed by atoms with Crippen LogP contribution in [-0.4, -0.2) is 70.9 Å². The molecule has 9 heteroatoms. The largest absolute Gasteiger partial charge is 0.377 e. The summed E-state index contributed by atoms with van der Waals surface area (Å²) in [5.74, 6) is 2.08. The molecule has 154 valence electrons. The van der Waals surface area contributed by atoms with E-state index in [0.29, 0.717) is 13.2 Å². The fraction of sp³-hybridized carbons (Fsp3) is 0.600. The molecule has 2 aromatic rings. The summed E-state index contributed by atoms with van der Waals surface area (Å²) in [6, 6.07) is 0.232. The number of morpholine rings is 1. The molecule has 5 heterocycles. The highest BCUT2D eigenvalue weighted by atomic mass is 16.5. The summed E-state index contributed by atoms with van der Waals surface area (Å²) < 4.78 is 5.62. The molecule has 0 unspecified atom stereocenters. The summed E-state index contributed by atoms with van der Waals surface area (Å²) >= 11 is 0. The molecule has 0 amide bonds. The van der Waals surface area contributed by atoms with Gasteiger partial charge in [-0.15, -0.1) is 0 Å². The van der Waals surface area contributed by atoms with Gasteiger partial charge in [0.2, 0.25) is 11.9 Å². The van der Waals surface area contributed by atoms with Gasteiger partial charge in [0.05, 0.1) is 30.5 Å². The van der Waals surface area contributed by atoms with E-state index in [4.69, 9.17) is 20.4 Å². The molecule has 0 spiro atoms. The second kappa shape index (κ2) is 7.07. The Labute approximate surface area is 170 Å². The van der Waals surface area contributed by atoms with Crippen LogP contribution in [0.15, 0.2) is 12.4 Å². The molecule has 2 atom stereocenters. The van der Waals surface area contributed by atoms with Gasteiger partial charge in [0.15, 0.2) is 0 Å². The maximum absolute atomic E-state index is 5.71. The minimum atomic E-state index is 0.0718. The Hall–Kier alpha value is -2.52. The van der Waals surface area contributed by atoms with Crippen LogP contribution in [0.1, 0.15) is 25.8 Å². The van der Waals surface area contributed by atoms with Crippen LogP contribution in [0.25, 0.3) is 11.3 Å². The summed E-state index contributed by atoms with van der Waals surface area (Å²) in [5, 5.41) is 3.51. The Morgan fingerprint density at radius 2 is 2.07 bits per heavy atom. The van der Waals surface area contributed by atoms with Crippen LogP contribution in [0, 0.1) is 0 Å². The number of anilines is 3. The van der Waals surface area contributed by atoms with Crippen LogP contribution in [0.4, 0.5) is 17.7 Å². The quantitative estimate of drug-likeness (QED) is 0.781. The van der Waals surface area contributed by atoms with Gasteiger partial charge >= 0.3 is 0 Å². The van der Waals surface area contributed by atoms with Gasteiger partial charge in [0.25, 0.3) is 0 Å². The second-order valence-electron chi connectivity index (χ2n) is 8.45. The minimum absolute atomic E-state index is 0.0718. The molecule has 0 aliphatic carbocycles. The highest BCUT2D eigenvalue weighted by Crippen LogP contribution is 2.40. The van der Waals surface area contributed by atoms with E-state index in [-0.39, 0.29) is 17.5 Å². The van der Waals surface area contributed by atoms with Crippen molar-refractivity contribution in [2.75, 3.05) is 54.9 Å². The zero-order chi connectivity index (χ0) is 20.0. The van der Waals surface area contributed by atoms with E-state index in [1.807, 2.05) is 0 Å². The zero-order valence-corrected chi connectivity index (χ0v) is 17.1. The third-order valence-electron chi connectivity index (χ3n) is 6.38. The van der Waals surface area contributed by atoms with E-state index < -0.39 is 0 Å². The molecule has 5 rings (SSSR count). The number of hydrogen-bond donors (Lipinski definition) is 2. The fourth-order valence-corrected chi connectivity index (χ4v) is 4.66. The van der Waals surface area contributed by atoms with Crippen molar-refractivity contribution in [1.82, 2.24) is 25.3 Å². The summed E-state index contributed by atoms with van der Waals surface area (Å²) in [5.41, 5.74) is 8.76. The van der Waals surface area contributed by atoms with Gasteiger partial charge in [0, 0.05) is 43.2 Å². The number of nitrogens with zero attached hydrogens (tertiary/aromatic N) is 6. The maximum atomic E-state index is 5.71. The lowest BCUT2D eigenvalue weighted by atomic mass is 9.99. The molecule has 0 bridgehead atoms. The molecule has 3 aliphatic rings. The smallest absolute Gasteiger partial charge is 0.228 e. The monoisotopic (exact) mass is 396 g/mol. The molecular formula is C20H28N8O. The molecule has 0 saturated carbocycles. The topological polar surface area (TPSA) is 105 Å². The van der Waals surface area contributed by atoms with Gasteiger partial charge in [0.1, 0.15) is 5.82 Å². The SMILES string of the molecule is C[C@@H]1COCCN1c1nc(-c2cnc(N)nc2)c2c(n1)N([C@]1(C)CCNC1)CC2. The molecule has 0 aromatic carbocycles. The summed E-state index contributed by atoms with van der Waals surface area (Å²) in [6.07, 6.45) is 5.56. The van der Waals surface area contributed by atoms with Crippen LogP contribution in [0.3, 0.4) is 0 Å². The standard InChI is InChI=1S/C20H28N8O/c1-13-11-29-8-7-27(13)19-25-16(14-9-23-18(21)24-10-14)15-3-6-28(17(15)26-19)20(2)4-5-22-12-20/h9-10,13,22H,3-8,11-12H2,1-2H3,(H2,21,23,24)/t13-,20-/m1/s1. The number of ether oxygens (including phenoxy) is 1. The molecule has 2 aromatic heterocycles. The van der Waals surface area contributed by atoms with Gasteiger partial charge in [-0.05, 0) is 33.2 Å². The maximum Gasteiger partial charge on any atom is 0.228 e. The van der Waals surface area contributed by atoms with Crippen LogP contribution in [0.5, 0.6) is 0 Å². The molecule has 2 saturated heterocycles. The third kappa shape index (κ3) is 3.18. The minimum Gasteiger partial charge on any atom is -0.377 e. The number of nitrogen functional groups attached to an aromatic ring is 1. The van der Waals surface area contributed by atoms with Gasteiger partial charge < -0.3 is 25.6 Å². The molecule has 29 heavy (non-hydrogen) atoms. The summed E-state index contributed by atoms with van der Waals surface area (Å²) in [7, 11) is 0. The van der Waals surface area contributed by atoms with E-state index in [0.717, 1.165) is 62.0 Å². The predicted octanol–water partition coefficient (Wildman–Crippen LogP) is 0.855. The fourth-order valence-electron chi connectivity index (χ4n) is 4.66. The van der Waals surface area contributed by atoms with E-state index in [9.17, 15) is 0 Å². The van der Waals surface area contributed by atoms with Crippen LogP contribution < -0.4 is 20.9 Å². The zero-order valence-electron chi connectivity index (χ0n) is 17.1. The van der Waals surface area contributed by atoms with Gasteiger partial charge in [-0.2, -0.15) is 4.98 Å². The highest BCUT2D eigenvalue weighted by molar-refractivity contribution is 5.73. The van der Waals surface area contributed by atoms with Gasteiger partial charge in [-0.25, -0.2) is 15.0 Å². The molecule has 2 fully saturated rings. The highest BCUT2D eigenvalue weighted by Gasteiger charge is 2.41. The Balaban J connectivity index is 1.64. The Morgan fingerprint density at radius 3 is 2.79 bits per heavy atom.